The van der Waals surface area contributed by atoms with Crippen molar-refractivity contribution >= 4 is 5.91 Å². The maximum absolute atomic E-state index is 11.7. The van der Waals surface area contributed by atoms with Crippen LogP contribution in [0.15, 0.2) is 12.4 Å². The average molecular weight is 267 g/mol. The molecule has 1 fully saturated rings. The molecule has 0 N–H and O–H groups in total. The zero-order valence-electron chi connectivity index (χ0n) is 11.0. The summed E-state index contributed by atoms with van der Waals surface area (Å²) in [5.74, 6) is 0.680. The van der Waals surface area contributed by atoms with Gasteiger partial charge in [0.1, 0.15) is 12.7 Å². The molecule has 0 bridgehead atoms. The van der Waals surface area contributed by atoms with Crippen molar-refractivity contribution in [1.82, 2.24) is 14.9 Å². The number of carbonyl (C=O) groups is 1. The van der Waals surface area contributed by atoms with Crippen molar-refractivity contribution < 1.29 is 19.0 Å². The molecular weight excluding hydrogens is 250 g/mol. The number of nitrogens with zero attached hydrogens (tertiary/aromatic N) is 3. The van der Waals surface area contributed by atoms with Gasteiger partial charge in [0, 0.05) is 32.5 Å². The monoisotopic (exact) mass is 267 g/mol. The van der Waals surface area contributed by atoms with Crippen LogP contribution >= 0.6 is 0 Å². The second-order valence-corrected chi connectivity index (χ2v) is 4.17. The molecule has 1 saturated heterocycles. The molecule has 0 spiro atoms. The largest absolute Gasteiger partial charge is 0.477 e. The maximum Gasteiger partial charge on any atom is 0.278 e. The van der Waals surface area contributed by atoms with Crippen LogP contribution in [-0.4, -0.2) is 60.8 Å². The molecule has 1 amide bonds. The minimum atomic E-state index is -0.0913. The Balaban J connectivity index is 1.93. The Bertz CT molecular complexity index is 441. The van der Waals surface area contributed by atoms with E-state index in [4.69, 9.17) is 14.2 Å². The van der Waals surface area contributed by atoms with Crippen molar-refractivity contribution in [2.45, 2.75) is 12.5 Å². The minimum Gasteiger partial charge on any atom is -0.477 e. The minimum absolute atomic E-state index is 0.0280. The smallest absolute Gasteiger partial charge is 0.278 e. The Labute approximate surface area is 111 Å². The van der Waals surface area contributed by atoms with Gasteiger partial charge in [0.25, 0.3) is 11.8 Å². The van der Waals surface area contributed by atoms with Crippen LogP contribution in [0, 0.1) is 0 Å². The van der Waals surface area contributed by atoms with Crippen molar-refractivity contribution in [3.63, 3.8) is 0 Å². The number of carbonyl (C=O) groups excluding carboxylic acids is 1. The van der Waals surface area contributed by atoms with E-state index in [0.29, 0.717) is 24.8 Å². The molecule has 1 aliphatic heterocycles. The number of amides is 1. The van der Waals surface area contributed by atoms with Crippen LogP contribution in [0.2, 0.25) is 0 Å². The van der Waals surface area contributed by atoms with Gasteiger partial charge in [0.15, 0.2) is 0 Å². The van der Waals surface area contributed by atoms with Crippen LogP contribution in [0.5, 0.6) is 11.8 Å². The van der Waals surface area contributed by atoms with Gasteiger partial charge in [-0.1, -0.05) is 0 Å². The summed E-state index contributed by atoms with van der Waals surface area (Å²) in [7, 11) is 3.02. The van der Waals surface area contributed by atoms with Crippen molar-refractivity contribution in [3.05, 3.63) is 12.4 Å². The molecule has 2 heterocycles. The Morgan fingerprint density at radius 2 is 2.11 bits per heavy atom. The fourth-order valence-corrected chi connectivity index (χ4v) is 1.96. The summed E-state index contributed by atoms with van der Waals surface area (Å²) in [6, 6.07) is 0. The van der Waals surface area contributed by atoms with Crippen molar-refractivity contribution in [3.8, 4) is 11.8 Å². The normalized spacial score (nSPS) is 18.4. The number of methoxy groups -OCH3 is 2. The van der Waals surface area contributed by atoms with Crippen LogP contribution in [0.4, 0.5) is 0 Å². The molecule has 7 heteroatoms. The summed E-state index contributed by atoms with van der Waals surface area (Å²) < 4.78 is 15.6. The highest BCUT2D eigenvalue weighted by Gasteiger charge is 2.28. The van der Waals surface area contributed by atoms with E-state index in [1.54, 1.807) is 11.1 Å². The molecule has 0 radical (unpaired) electrons. The first kappa shape index (κ1) is 13.5. The molecule has 1 atom stereocenters. The van der Waals surface area contributed by atoms with Gasteiger partial charge >= 0.3 is 0 Å². The predicted octanol–water partition coefficient (Wildman–Crippen LogP) is 0.111. The van der Waals surface area contributed by atoms with E-state index in [9.17, 15) is 4.79 Å². The topological polar surface area (TPSA) is 73.8 Å². The van der Waals surface area contributed by atoms with E-state index in [0.717, 1.165) is 6.42 Å². The number of rotatable bonds is 5. The summed E-state index contributed by atoms with van der Waals surface area (Å²) in [5, 5.41) is 0. The number of hydrogen-bond donors (Lipinski definition) is 0. The second kappa shape index (κ2) is 6.33. The van der Waals surface area contributed by atoms with E-state index in [1.807, 2.05) is 0 Å². The number of aromatic nitrogens is 2. The van der Waals surface area contributed by atoms with Crippen LogP contribution in [0.3, 0.4) is 0 Å². The highest BCUT2D eigenvalue weighted by atomic mass is 16.5. The summed E-state index contributed by atoms with van der Waals surface area (Å²) in [6.45, 7) is 1.29. The molecule has 1 aliphatic rings. The molecule has 19 heavy (non-hydrogen) atoms. The van der Waals surface area contributed by atoms with Gasteiger partial charge in [0.05, 0.1) is 13.7 Å². The van der Waals surface area contributed by atoms with E-state index < -0.39 is 0 Å². The lowest BCUT2D eigenvalue weighted by molar-refractivity contribution is -0.134. The zero-order valence-corrected chi connectivity index (χ0v) is 11.0. The first-order valence-corrected chi connectivity index (χ1v) is 6.03. The Hall–Kier alpha value is -1.89. The highest BCUT2D eigenvalue weighted by Crippen LogP contribution is 2.23. The lowest BCUT2D eigenvalue weighted by Gasteiger charge is -2.16. The van der Waals surface area contributed by atoms with Gasteiger partial charge < -0.3 is 19.1 Å². The molecule has 1 aromatic heterocycles. The van der Waals surface area contributed by atoms with E-state index in [1.165, 1.54) is 20.4 Å². The summed E-state index contributed by atoms with van der Waals surface area (Å²) in [4.78, 5) is 21.5. The van der Waals surface area contributed by atoms with Crippen molar-refractivity contribution in [2.75, 3.05) is 33.9 Å². The number of hydrogen-bond acceptors (Lipinski definition) is 6. The number of likely N-dealkylation sites (tertiary alicyclic amines) is 1. The molecule has 0 saturated carbocycles. The van der Waals surface area contributed by atoms with Crippen LogP contribution < -0.4 is 9.47 Å². The van der Waals surface area contributed by atoms with E-state index in [-0.39, 0.29) is 18.6 Å². The second-order valence-electron chi connectivity index (χ2n) is 4.17. The third-order valence-corrected chi connectivity index (χ3v) is 2.87. The molecular formula is C12H17N3O4. The Kier molecular flexibility index (Phi) is 4.51. The fraction of sp³-hybridized carbons (Fsp3) is 0.583. The first-order valence-electron chi connectivity index (χ1n) is 6.03. The standard InChI is InChI=1S/C12H17N3O4/c1-17-8-10(16)15-6-3-9(7-15)19-12-11(18-2)13-4-5-14-12/h4-5,9H,3,6-8H2,1-2H3/t9-/m0/s1. The zero-order chi connectivity index (χ0) is 13.7. The molecule has 104 valence electrons. The Morgan fingerprint density at radius 1 is 1.37 bits per heavy atom. The summed E-state index contributed by atoms with van der Waals surface area (Å²) in [6.07, 6.45) is 3.75. The molecule has 2 rings (SSSR count). The van der Waals surface area contributed by atoms with E-state index >= 15 is 0 Å². The van der Waals surface area contributed by atoms with Gasteiger partial charge in [-0.15, -0.1) is 0 Å². The van der Waals surface area contributed by atoms with Crippen LogP contribution in [0.25, 0.3) is 0 Å². The molecule has 7 nitrogen and oxygen atoms in total. The highest BCUT2D eigenvalue weighted by molar-refractivity contribution is 5.77. The average Bonchev–Trinajstić information content (AvgIpc) is 2.88. The van der Waals surface area contributed by atoms with Crippen molar-refractivity contribution in [1.29, 1.82) is 0 Å². The summed E-state index contributed by atoms with van der Waals surface area (Å²) in [5.41, 5.74) is 0. The first-order chi connectivity index (χ1) is 9.24. The maximum atomic E-state index is 11.7. The SMILES string of the molecule is COCC(=O)N1CC[C@H](Oc2nccnc2OC)C1. The van der Waals surface area contributed by atoms with Gasteiger partial charge in [-0.25, -0.2) is 9.97 Å². The van der Waals surface area contributed by atoms with Crippen LogP contribution in [0.1, 0.15) is 6.42 Å². The summed E-state index contributed by atoms with van der Waals surface area (Å²) >= 11 is 0. The lowest BCUT2D eigenvalue weighted by Crippen LogP contribution is -2.33. The predicted molar refractivity (Wildman–Crippen MR) is 66.1 cm³/mol. The Morgan fingerprint density at radius 3 is 2.79 bits per heavy atom. The van der Waals surface area contributed by atoms with Gasteiger partial charge in [-0.05, 0) is 0 Å². The molecule has 1 aromatic rings. The lowest BCUT2D eigenvalue weighted by atomic mass is 10.3. The third kappa shape index (κ3) is 3.31. The third-order valence-electron chi connectivity index (χ3n) is 2.87. The van der Waals surface area contributed by atoms with Gasteiger partial charge in [-0.2, -0.15) is 0 Å². The molecule has 0 aromatic carbocycles. The van der Waals surface area contributed by atoms with Crippen molar-refractivity contribution in [2.24, 2.45) is 0 Å². The fourth-order valence-electron chi connectivity index (χ4n) is 1.96. The number of ether oxygens (including phenoxy) is 3. The van der Waals surface area contributed by atoms with Gasteiger partial charge in [0.2, 0.25) is 5.91 Å². The van der Waals surface area contributed by atoms with Gasteiger partial charge in [-0.3, -0.25) is 4.79 Å². The van der Waals surface area contributed by atoms with Crippen LogP contribution in [-0.2, 0) is 9.53 Å². The molecule has 0 aliphatic carbocycles. The quantitative estimate of drug-likeness (QED) is 0.754. The molecule has 0 unspecified atom stereocenters. The van der Waals surface area contributed by atoms with E-state index in [2.05, 4.69) is 9.97 Å².